The first-order chi connectivity index (χ1) is 8.88. The van der Waals surface area contributed by atoms with Crippen molar-refractivity contribution in [3.8, 4) is 0 Å². The smallest absolute Gasteiger partial charge is 0.388 e. The quantitative estimate of drug-likeness (QED) is 0.841. The first-order valence-electron chi connectivity index (χ1n) is 5.43. The molecule has 1 N–H and O–H groups in total. The van der Waals surface area contributed by atoms with Crippen LogP contribution in [0.4, 0.5) is 17.6 Å². The van der Waals surface area contributed by atoms with Gasteiger partial charge in [0.1, 0.15) is 5.82 Å². The maximum atomic E-state index is 13.1. The van der Waals surface area contributed by atoms with Crippen LogP contribution in [-0.4, -0.2) is 5.11 Å². The van der Waals surface area contributed by atoms with E-state index in [0.717, 1.165) is 17.7 Å². The number of halogens is 4. The molecule has 102 valence electrons. The molecule has 0 amide bonds. The fourth-order valence-electron chi connectivity index (χ4n) is 1.81. The van der Waals surface area contributed by atoms with Crippen LogP contribution in [0.2, 0.25) is 0 Å². The number of benzene rings is 1. The molecular formula is C13H10F4OS. The molecule has 1 aromatic heterocycles. The summed E-state index contributed by atoms with van der Waals surface area (Å²) in [5.41, 5.74) is -0.717. The largest absolute Gasteiger partial charge is 0.416 e. The summed E-state index contributed by atoms with van der Waals surface area (Å²) in [7, 11) is 0. The Balaban J connectivity index is 2.34. The third-order valence-electron chi connectivity index (χ3n) is 2.69. The highest BCUT2D eigenvalue weighted by Gasteiger charge is 2.35. The summed E-state index contributed by atoms with van der Waals surface area (Å²) >= 11 is 1.38. The monoisotopic (exact) mass is 290 g/mol. The van der Waals surface area contributed by atoms with E-state index in [-0.39, 0.29) is 6.42 Å². The van der Waals surface area contributed by atoms with E-state index < -0.39 is 29.2 Å². The van der Waals surface area contributed by atoms with Gasteiger partial charge in [-0.3, -0.25) is 0 Å². The molecule has 0 fully saturated rings. The van der Waals surface area contributed by atoms with Gasteiger partial charge in [-0.05, 0) is 46.2 Å². The molecule has 1 heterocycles. The van der Waals surface area contributed by atoms with Crippen molar-refractivity contribution in [2.24, 2.45) is 0 Å². The summed E-state index contributed by atoms with van der Waals surface area (Å²) in [6.07, 6.45) is -5.98. The van der Waals surface area contributed by atoms with E-state index in [2.05, 4.69) is 0 Å². The second kappa shape index (κ2) is 5.30. The average molecular weight is 290 g/mol. The minimum Gasteiger partial charge on any atom is -0.388 e. The Morgan fingerprint density at radius 2 is 1.95 bits per heavy atom. The van der Waals surface area contributed by atoms with Gasteiger partial charge in [0, 0.05) is 6.42 Å². The number of thiophene rings is 1. The van der Waals surface area contributed by atoms with E-state index in [9.17, 15) is 22.7 Å². The maximum absolute atomic E-state index is 13.1. The highest BCUT2D eigenvalue weighted by atomic mass is 32.1. The molecule has 1 aromatic carbocycles. The van der Waals surface area contributed by atoms with Gasteiger partial charge in [-0.15, -0.1) is 0 Å². The third kappa shape index (κ3) is 3.33. The van der Waals surface area contributed by atoms with Crippen molar-refractivity contribution in [2.45, 2.75) is 18.7 Å². The maximum Gasteiger partial charge on any atom is 0.416 e. The van der Waals surface area contributed by atoms with Crippen molar-refractivity contribution in [3.63, 3.8) is 0 Å². The number of aliphatic hydroxyl groups is 1. The van der Waals surface area contributed by atoms with Gasteiger partial charge < -0.3 is 5.11 Å². The number of alkyl halides is 3. The van der Waals surface area contributed by atoms with Crippen LogP contribution in [0.3, 0.4) is 0 Å². The minimum atomic E-state index is -4.61. The Kier molecular flexibility index (Phi) is 3.91. The Labute approximate surface area is 111 Å². The lowest BCUT2D eigenvalue weighted by molar-refractivity contribution is -0.139. The Bertz CT molecular complexity index is 548. The molecule has 19 heavy (non-hydrogen) atoms. The standard InChI is InChI=1S/C13H10F4OS/c14-9-1-2-11(13(15,16)17)10(6-9)12(18)5-8-3-4-19-7-8/h1-4,6-7,12,18H,5H2. The SMILES string of the molecule is OC(Cc1ccsc1)c1cc(F)ccc1C(F)(F)F. The first-order valence-corrected chi connectivity index (χ1v) is 6.38. The van der Waals surface area contributed by atoms with Gasteiger partial charge >= 0.3 is 6.18 Å². The average Bonchev–Trinajstić information content (AvgIpc) is 2.80. The van der Waals surface area contributed by atoms with Gasteiger partial charge in [0.15, 0.2) is 0 Å². The highest BCUT2D eigenvalue weighted by molar-refractivity contribution is 7.07. The summed E-state index contributed by atoms with van der Waals surface area (Å²) < 4.78 is 51.5. The summed E-state index contributed by atoms with van der Waals surface area (Å²) in [4.78, 5) is 0. The van der Waals surface area contributed by atoms with Gasteiger partial charge in [0.2, 0.25) is 0 Å². The van der Waals surface area contributed by atoms with E-state index in [4.69, 9.17) is 0 Å². The number of aliphatic hydroxyl groups excluding tert-OH is 1. The van der Waals surface area contributed by atoms with Gasteiger partial charge in [0.05, 0.1) is 11.7 Å². The topological polar surface area (TPSA) is 20.2 Å². The highest BCUT2D eigenvalue weighted by Crippen LogP contribution is 2.36. The summed E-state index contributed by atoms with van der Waals surface area (Å²) in [5, 5.41) is 13.4. The van der Waals surface area contributed by atoms with Crippen molar-refractivity contribution in [3.05, 3.63) is 57.5 Å². The number of hydrogen-bond donors (Lipinski definition) is 1. The van der Waals surface area contributed by atoms with Gasteiger partial charge in [-0.2, -0.15) is 24.5 Å². The Hall–Kier alpha value is -1.40. The van der Waals surface area contributed by atoms with Crippen molar-refractivity contribution < 1.29 is 22.7 Å². The molecule has 0 aliphatic heterocycles. The van der Waals surface area contributed by atoms with E-state index in [1.165, 1.54) is 11.3 Å². The summed E-state index contributed by atoms with van der Waals surface area (Å²) in [5.74, 6) is -0.799. The minimum absolute atomic E-state index is 0.0238. The lowest BCUT2D eigenvalue weighted by atomic mass is 9.97. The first kappa shape index (κ1) is 14.0. The third-order valence-corrected chi connectivity index (χ3v) is 3.42. The van der Waals surface area contributed by atoms with Gasteiger partial charge in [-0.25, -0.2) is 4.39 Å². The Morgan fingerprint density at radius 3 is 2.53 bits per heavy atom. The fourth-order valence-corrected chi connectivity index (χ4v) is 2.49. The van der Waals surface area contributed by atoms with Crippen LogP contribution in [0.15, 0.2) is 35.0 Å². The van der Waals surface area contributed by atoms with Crippen LogP contribution in [0.5, 0.6) is 0 Å². The lowest BCUT2D eigenvalue weighted by Crippen LogP contribution is -2.13. The van der Waals surface area contributed by atoms with Crippen LogP contribution in [0, 0.1) is 5.82 Å². The Morgan fingerprint density at radius 1 is 1.21 bits per heavy atom. The van der Waals surface area contributed by atoms with Crippen molar-refractivity contribution >= 4 is 11.3 Å². The predicted molar refractivity (Wildman–Crippen MR) is 64.4 cm³/mol. The molecule has 0 aliphatic rings. The summed E-state index contributed by atoms with van der Waals surface area (Å²) in [6.45, 7) is 0. The molecule has 1 unspecified atom stereocenters. The van der Waals surface area contributed by atoms with Crippen LogP contribution in [0.1, 0.15) is 22.8 Å². The molecule has 0 radical (unpaired) electrons. The molecule has 1 atom stereocenters. The molecular weight excluding hydrogens is 280 g/mol. The molecule has 0 aliphatic carbocycles. The molecule has 0 spiro atoms. The molecule has 2 rings (SSSR count). The van der Waals surface area contributed by atoms with Gasteiger partial charge in [0.25, 0.3) is 0 Å². The van der Waals surface area contributed by atoms with Crippen LogP contribution >= 0.6 is 11.3 Å². The van der Waals surface area contributed by atoms with E-state index >= 15 is 0 Å². The van der Waals surface area contributed by atoms with Crippen LogP contribution in [-0.2, 0) is 12.6 Å². The summed E-state index contributed by atoms with van der Waals surface area (Å²) in [6, 6.07) is 3.84. The predicted octanol–water partition coefficient (Wildman–Crippen LogP) is 4.18. The van der Waals surface area contributed by atoms with Crippen LogP contribution < -0.4 is 0 Å². The van der Waals surface area contributed by atoms with Crippen LogP contribution in [0.25, 0.3) is 0 Å². The molecule has 1 nitrogen and oxygen atoms in total. The zero-order valence-electron chi connectivity index (χ0n) is 9.62. The second-order valence-electron chi connectivity index (χ2n) is 4.08. The van der Waals surface area contributed by atoms with Gasteiger partial charge in [-0.1, -0.05) is 0 Å². The number of hydrogen-bond acceptors (Lipinski definition) is 2. The molecule has 6 heteroatoms. The lowest BCUT2D eigenvalue weighted by Gasteiger charge is -2.17. The van der Waals surface area contributed by atoms with E-state index in [0.29, 0.717) is 6.07 Å². The van der Waals surface area contributed by atoms with E-state index in [1.54, 1.807) is 16.8 Å². The zero-order chi connectivity index (χ0) is 14.0. The zero-order valence-corrected chi connectivity index (χ0v) is 10.4. The molecule has 2 aromatic rings. The van der Waals surface area contributed by atoms with Crippen molar-refractivity contribution in [1.29, 1.82) is 0 Å². The molecule has 0 saturated carbocycles. The number of rotatable bonds is 3. The van der Waals surface area contributed by atoms with Crippen molar-refractivity contribution in [2.75, 3.05) is 0 Å². The molecule has 0 bridgehead atoms. The molecule has 0 saturated heterocycles. The van der Waals surface area contributed by atoms with E-state index in [1.807, 2.05) is 0 Å². The van der Waals surface area contributed by atoms with Crippen molar-refractivity contribution in [1.82, 2.24) is 0 Å². The normalized spacial score (nSPS) is 13.5. The fraction of sp³-hybridized carbons (Fsp3) is 0.231. The second-order valence-corrected chi connectivity index (χ2v) is 4.86.